The lowest BCUT2D eigenvalue weighted by molar-refractivity contribution is -0.120. The van der Waals surface area contributed by atoms with Gasteiger partial charge in [0.25, 0.3) is 5.91 Å². The number of nitrogens with one attached hydrogen (secondary N) is 2. The van der Waals surface area contributed by atoms with Crippen molar-refractivity contribution in [3.63, 3.8) is 0 Å². The van der Waals surface area contributed by atoms with E-state index in [1.807, 2.05) is 7.05 Å². The minimum atomic E-state index is -0.288. The fourth-order valence-corrected chi connectivity index (χ4v) is 1.59. The second-order valence-corrected chi connectivity index (χ2v) is 5.23. The van der Waals surface area contributed by atoms with Crippen LogP contribution in [0.2, 0.25) is 0 Å². The Kier molecular flexibility index (Phi) is 6.68. The normalized spacial score (nSPS) is 10.7. The largest absolute Gasteiger partial charge is 0.399 e. The van der Waals surface area contributed by atoms with Gasteiger partial charge in [-0.1, -0.05) is 0 Å². The number of nitrogens with zero attached hydrogens (tertiary/aromatic N) is 1. The van der Waals surface area contributed by atoms with Crippen LogP contribution in [0.15, 0.2) is 24.3 Å². The predicted molar refractivity (Wildman–Crippen MR) is 84.0 cm³/mol. The molecule has 0 spiro atoms. The van der Waals surface area contributed by atoms with Crippen molar-refractivity contribution >= 4 is 17.5 Å². The molecule has 0 aliphatic heterocycles. The predicted octanol–water partition coefficient (Wildman–Crippen LogP) is 0.455. The van der Waals surface area contributed by atoms with E-state index in [0.717, 1.165) is 6.54 Å². The molecule has 1 aromatic carbocycles. The molecule has 6 nitrogen and oxygen atoms in total. The summed E-state index contributed by atoms with van der Waals surface area (Å²) in [7, 11) is 2.00. The number of carbonyl (C=O) groups excluding carboxylic acids is 2. The van der Waals surface area contributed by atoms with Crippen LogP contribution in [0, 0.1) is 0 Å². The van der Waals surface area contributed by atoms with E-state index in [9.17, 15) is 9.59 Å². The highest BCUT2D eigenvalue weighted by Gasteiger charge is 2.08. The summed E-state index contributed by atoms with van der Waals surface area (Å²) in [4.78, 5) is 25.5. The molecule has 0 radical (unpaired) electrons. The SMILES string of the molecule is CC(C)N(C)CCNC(=O)CNC(=O)c1ccc(N)cc1. The second-order valence-electron chi connectivity index (χ2n) is 5.23. The van der Waals surface area contributed by atoms with Crippen LogP contribution in [-0.4, -0.2) is 49.4 Å². The Morgan fingerprint density at radius 2 is 1.81 bits per heavy atom. The van der Waals surface area contributed by atoms with Crippen LogP contribution in [0.25, 0.3) is 0 Å². The van der Waals surface area contributed by atoms with E-state index in [-0.39, 0.29) is 18.4 Å². The lowest BCUT2D eigenvalue weighted by Crippen LogP contribution is -2.41. The summed E-state index contributed by atoms with van der Waals surface area (Å²) in [6.45, 7) is 5.48. The quantitative estimate of drug-likeness (QED) is 0.637. The van der Waals surface area contributed by atoms with Crippen molar-refractivity contribution in [2.24, 2.45) is 0 Å². The number of rotatable bonds is 7. The Labute approximate surface area is 125 Å². The maximum atomic E-state index is 11.8. The van der Waals surface area contributed by atoms with Crippen molar-refractivity contribution in [2.75, 3.05) is 32.4 Å². The molecule has 0 aromatic heterocycles. The summed E-state index contributed by atoms with van der Waals surface area (Å²) in [6, 6.07) is 6.99. The molecule has 0 atom stereocenters. The zero-order valence-electron chi connectivity index (χ0n) is 12.8. The molecule has 0 aliphatic rings. The van der Waals surface area contributed by atoms with Gasteiger partial charge >= 0.3 is 0 Å². The van der Waals surface area contributed by atoms with Crippen molar-refractivity contribution < 1.29 is 9.59 Å². The third-order valence-electron chi connectivity index (χ3n) is 3.25. The van der Waals surface area contributed by atoms with Gasteiger partial charge in [-0.05, 0) is 45.2 Å². The summed E-state index contributed by atoms with van der Waals surface area (Å²) >= 11 is 0. The first-order valence-corrected chi connectivity index (χ1v) is 7.01. The smallest absolute Gasteiger partial charge is 0.251 e. The molecule has 6 heteroatoms. The Morgan fingerprint density at radius 3 is 2.38 bits per heavy atom. The number of nitrogens with two attached hydrogens (primary N) is 1. The van der Waals surface area contributed by atoms with E-state index in [1.54, 1.807) is 24.3 Å². The van der Waals surface area contributed by atoms with Crippen molar-refractivity contribution in [1.29, 1.82) is 0 Å². The summed E-state index contributed by atoms with van der Waals surface area (Å²) in [6.07, 6.45) is 0. The standard InChI is InChI=1S/C15H24N4O2/c1-11(2)19(3)9-8-17-14(20)10-18-15(21)12-4-6-13(16)7-5-12/h4-7,11H,8-10,16H2,1-3H3,(H,17,20)(H,18,21). The molecule has 0 bridgehead atoms. The third-order valence-corrected chi connectivity index (χ3v) is 3.25. The third kappa shape index (κ3) is 6.27. The van der Waals surface area contributed by atoms with Gasteiger partial charge in [-0.25, -0.2) is 0 Å². The summed E-state index contributed by atoms with van der Waals surface area (Å²) in [5.74, 6) is -0.486. The van der Waals surface area contributed by atoms with Crippen LogP contribution in [0.5, 0.6) is 0 Å². The Morgan fingerprint density at radius 1 is 1.19 bits per heavy atom. The summed E-state index contributed by atoms with van der Waals surface area (Å²) in [5, 5.41) is 5.34. The number of carbonyl (C=O) groups is 2. The van der Waals surface area contributed by atoms with Gasteiger partial charge in [-0.3, -0.25) is 9.59 Å². The monoisotopic (exact) mass is 292 g/mol. The highest BCUT2D eigenvalue weighted by molar-refractivity contribution is 5.96. The number of likely N-dealkylation sites (N-methyl/N-ethyl adjacent to an activating group) is 1. The number of anilines is 1. The topological polar surface area (TPSA) is 87.5 Å². The molecule has 0 unspecified atom stereocenters. The first-order valence-electron chi connectivity index (χ1n) is 7.01. The Balaban J connectivity index is 2.26. The number of hydrogen-bond acceptors (Lipinski definition) is 4. The van der Waals surface area contributed by atoms with Crippen LogP contribution < -0.4 is 16.4 Å². The van der Waals surface area contributed by atoms with Crippen LogP contribution in [0.1, 0.15) is 24.2 Å². The van der Waals surface area contributed by atoms with E-state index in [0.29, 0.717) is 23.8 Å². The van der Waals surface area contributed by atoms with E-state index < -0.39 is 0 Å². The molecule has 2 amide bonds. The molecule has 116 valence electrons. The molecule has 0 saturated carbocycles. The van der Waals surface area contributed by atoms with Crippen molar-refractivity contribution in [1.82, 2.24) is 15.5 Å². The van der Waals surface area contributed by atoms with Gasteiger partial charge in [-0.15, -0.1) is 0 Å². The minimum absolute atomic E-state index is 0.0331. The van der Waals surface area contributed by atoms with E-state index in [4.69, 9.17) is 5.73 Å². The van der Waals surface area contributed by atoms with Crippen molar-refractivity contribution in [2.45, 2.75) is 19.9 Å². The molecule has 1 rings (SSSR count). The summed E-state index contributed by atoms with van der Waals surface area (Å²) < 4.78 is 0. The second kappa shape index (κ2) is 8.26. The average molecular weight is 292 g/mol. The highest BCUT2D eigenvalue weighted by Crippen LogP contribution is 2.04. The van der Waals surface area contributed by atoms with Gasteiger partial charge < -0.3 is 21.3 Å². The molecule has 0 aliphatic carbocycles. The maximum absolute atomic E-state index is 11.8. The van der Waals surface area contributed by atoms with Gasteiger partial charge in [0.05, 0.1) is 6.54 Å². The zero-order valence-corrected chi connectivity index (χ0v) is 12.8. The van der Waals surface area contributed by atoms with E-state index in [2.05, 4.69) is 29.4 Å². The van der Waals surface area contributed by atoms with Gasteiger partial charge in [0.2, 0.25) is 5.91 Å². The maximum Gasteiger partial charge on any atom is 0.251 e. The van der Waals surface area contributed by atoms with Gasteiger partial charge in [0.15, 0.2) is 0 Å². The van der Waals surface area contributed by atoms with Crippen molar-refractivity contribution in [3.8, 4) is 0 Å². The van der Waals surface area contributed by atoms with E-state index >= 15 is 0 Å². The fraction of sp³-hybridized carbons (Fsp3) is 0.467. The molecule has 4 N–H and O–H groups in total. The van der Waals surface area contributed by atoms with E-state index in [1.165, 1.54) is 0 Å². The Hall–Kier alpha value is -2.08. The molecule has 0 fully saturated rings. The van der Waals surface area contributed by atoms with Crippen LogP contribution >= 0.6 is 0 Å². The fourth-order valence-electron chi connectivity index (χ4n) is 1.59. The first-order chi connectivity index (χ1) is 9.90. The van der Waals surface area contributed by atoms with Gasteiger partial charge in [0, 0.05) is 30.4 Å². The number of nitrogen functional groups attached to an aromatic ring is 1. The zero-order chi connectivity index (χ0) is 15.8. The van der Waals surface area contributed by atoms with Crippen molar-refractivity contribution in [3.05, 3.63) is 29.8 Å². The molecule has 0 saturated heterocycles. The molecular formula is C15H24N4O2. The summed E-state index contributed by atoms with van der Waals surface area (Å²) in [5.41, 5.74) is 6.63. The average Bonchev–Trinajstić information content (AvgIpc) is 2.45. The lowest BCUT2D eigenvalue weighted by Gasteiger charge is -2.20. The lowest BCUT2D eigenvalue weighted by atomic mass is 10.2. The molecule has 1 aromatic rings. The first kappa shape index (κ1) is 17.0. The van der Waals surface area contributed by atoms with Crippen LogP contribution in [-0.2, 0) is 4.79 Å². The van der Waals surface area contributed by atoms with Crippen LogP contribution in [0.4, 0.5) is 5.69 Å². The number of benzene rings is 1. The minimum Gasteiger partial charge on any atom is -0.399 e. The van der Waals surface area contributed by atoms with Crippen LogP contribution in [0.3, 0.4) is 0 Å². The molecular weight excluding hydrogens is 268 g/mol. The van der Waals surface area contributed by atoms with Gasteiger partial charge in [0.1, 0.15) is 0 Å². The number of hydrogen-bond donors (Lipinski definition) is 3. The van der Waals surface area contributed by atoms with Gasteiger partial charge in [-0.2, -0.15) is 0 Å². The molecule has 21 heavy (non-hydrogen) atoms. The molecule has 0 heterocycles. The highest BCUT2D eigenvalue weighted by atomic mass is 16.2. The Bertz CT molecular complexity index is 471. The number of amides is 2.